The van der Waals surface area contributed by atoms with Crippen LogP contribution in [0.3, 0.4) is 0 Å². The van der Waals surface area contributed by atoms with Crippen LogP contribution in [0.5, 0.6) is 0 Å². The highest BCUT2D eigenvalue weighted by atomic mass is 16.3. The number of hydrogen-bond donors (Lipinski definition) is 1. The second-order valence-electron chi connectivity index (χ2n) is 6.59. The van der Waals surface area contributed by atoms with Crippen molar-refractivity contribution in [2.75, 3.05) is 39.3 Å². The highest BCUT2D eigenvalue weighted by molar-refractivity contribution is 5.76. The molecule has 3 unspecified atom stereocenters. The van der Waals surface area contributed by atoms with E-state index in [1.165, 1.54) is 25.7 Å². The molecular formula is C15H26N2O2. The molecule has 3 atom stereocenters. The van der Waals surface area contributed by atoms with Crippen molar-refractivity contribution in [3.63, 3.8) is 0 Å². The van der Waals surface area contributed by atoms with Gasteiger partial charge in [0, 0.05) is 39.1 Å². The number of nitrogens with zero attached hydrogens (tertiary/aromatic N) is 2. The maximum atomic E-state index is 12.4. The Bertz CT molecular complexity index is 326. The molecular weight excluding hydrogens is 240 g/mol. The van der Waals surface area contributed by atoms with Crippen LogP contribution >= 0.6 is 0 Å². The lowest BCUT2D eigenvalue weighted by atomic mass is 9.86. The highest BCUT2D eigenvalue weighted by Crippen LogP contribution is 2.49. The summed E-state index contributed by atoms with van der Waals surface area (Å²) in [6, 6.07) is 0. The molecule has 0 aromatic rings. The topological polar surface area (TPSA) is 43.8 Å². The molecule has 1 saturated heterocycles. The number of carbonyl (C=O) groups excluding carboxylic acids is 1. The Kier molecular flexibility index (Phi) is 4.08. The number of carbonyl (C=O) groups is 1. The highest BCUT2D eigenvalue weighted by Gasteiger charge is 2.40. The SMILES string of the molecule is O=C(CC1CC2CCC1C2)N1CCN(CCO)CC1. The number of aliphatic hydroxyl groups excluding tert-OH is 1. The van der Waals surface area contributed by atoms with Crippen molar-refractivity contribution in [2.45, 2.75) is 32.1 Å². The smallest absolute Gasteiger partial charge is 0.222 e. The molecule has 4 nitrogen and oxygen atoms in total. The molecule has 1 heterocycles. The van der Waals surface area contributed by atoms with Crippen LogP contribution in [0.2, 0.25) is 0 Å². The zero-order valence-corrected chi connectivity index (χ0v) is 11.8. The molecule has 108 valence electrons. The Morgan fingerprint density at radius 2 is 1.89 bits per heavy atom. The lowest BCUT2D eigenvalue weighted by molar-refractivity contribution is -0.134. The van der Waals surface area contributed by atoms with E-state index >= 15 is 0 Å². The normalized spacial score (nSPS) is 35.0. The third-order valence-electron chi connectivity index (χ3n) is 5.46. The fourth-order valence-corrected chi connectivity index (χ4v) is 4.34. The largest absolute Gasteiger partial charge is 0.395 e. The predicted octanol–water partition coefficient (Wildman–Crippen LogP) is 0.949. The monoisotopic (exact) mass is 266 g/mol. The van der Waals surface area contributed by atoms with Crippen molar-refractivity contribution in [1.82, 2.24) is 9.80 Å². The number of hydrogen-bond acceptors (Lipinski definition) is 3. The first-order chi connectivity index (χ1) is 9.26. The van der Waals surface area contributed by atoms with Crippen molar-refractivity contribution in [3.8, 4) is 0 Å². The van der Waals surface area contributed by atoms with Crippen LogP contribution in [-0.4, -0.2) is 60.1 Å². The Morgan fingerprint density at radius 3 is 2.47 bits per heavy atom. The molecule has 3 rings (SSSR count). The van der Waals surface area contributed by atoms with E-state index in [-0.39, 0.29) is 6.61 Å². The molecule has 3 aliphatic rings. The van der Waals surface area contributed by atoms with Crippen LogP contribution in [0.15, 0.2) is 0 Å². The lowest BCUT2D eigenvalue weighted by Gasteiger charge is -2.35. The second-order valence-corrected chi connectivity index (χ2v) is 6.59. The molecule has 19 heavy (non-hydrogen) atoms. The van der Waals surface area contributed by atoms with Gasteiger partial charge in [-0.15, -0.1) is 0 Å². The van der Waals surface area contributed by atoms with Crippen molar-refractivity contribution >= 4 is 5.91 Å². The van der Waals surface area contributed by atoms with Crippen molar-refractivity contribution in [1.29, 1.82) is 0 Å². The van der Waals surface area contributed by atoms with E-state index in [9.17, 15) is 4.79 Å². The number of piperazine rings is 1. The van der Waals surface area contributed by atoms with Crippen LogP contribution in [0.4, 0.5) is 0 Å². The summed E-state index contributed by atoms with van der Waals surface area (Å²) in [5, 5.41) is 8.92. The average molecular weight is 266 g/mol. The van der Waals surface area contributed by atoms with Crippen LogP contribution in [0.25, 0.3) is 0 Å². The molecule has 0 aromatic carbocycles. The molecule has 0 radical (unpaired) electrons. The van der Waals surface area contributed by atoms with Gasteiger partial charge in [-0.3, -0.25) is 9.69 Å². The van der Waals surface area contributed by atoms with Gasteiger partial charge in [-0.25, -0.2) is 0 Å². The minimum absolute atomic E-state index is 0.221. The molecule has 0 spiro atoms. The zero-order valence-electron chi connectivity index (χ0n) is 11.8. The van der Waals surface area contributed by atoms with Gasteiger partial charge >= 0.3 is 0 Å². The van der Waals surface area contributed by atoms with Crippen molar-refractivity contribution in [3.05, 3.63) is 0 Å². The summed E-state index contributed by atoms with van der Waals surface area (Å²) in [4.78, 5) is 16.6. The Balaban J connectivity index is 1.44. The molecule has 3 fully saturated rings. The van der Waals surface area contributed by atoms with Gasteiger partial charge in [0.25, 0.3) is 0 Å². The van der Waals surface area contributed by atoms with Gasteiger partial charge < -0.3 is 10.0 Å². The van der Waals surface area contributed by atoms with E-state index < -0.39 is 0 Å². The molecule has 1 amide bonds. The number of β-amino-alcohol motifs (C(OH)–C–C–N with tert-alkyl or cyclic N) is 1. The maximum absolute atomic E-state index is 12.4. The Morgan fingerprint density at radius 1 is 1.11 bits per heavy atom. The van der Waals surface area contributed by atoms with E-state index in [1.807, 2.05) is 4.90 Å². The standard InChI is InChI=1S/C15H26N2O2/c18-8-7-16-3-5-17(6-4-16)15(19)11-14-10-12-1-2-13(14)9-12/h12-14,18H,1-11H2. The van der Waals surface area contributed by atoms with Gasteiger partial charge in [0.1, 0.15) is 0 Å². The maximum Gasteiger partial charge on any atom is 0.222 e. The number of amides is 1. The Labute approximate surface area is 115 Å². The van der Waals surface area contributed by atoms with Crippen molar-refractivity contribution < 1.29 is 9.90 Å². The summed E-state index contributed by atoms with van der Waals surface area (Å²) in [6.45, 7) is 4.50. The molecule has 1 aliphatic heterocycles. The summed E-state index contributed by atoms with van der Waals surface area (Å²) >= 11 is 0. The number of fused-ring (bicyclic) bond motifs is 2. The van der Waals surface area contributed by atoms with E-state index in [0.717, 1.165) is 51.0 Å². The molecule has 4 heteroatoms. The van der Waals surface area contributed by atoms with E-state index in [4.69, 9.17) is 5.11 Å². The third-order valence-corrected chi connectivity index (χ3v) is 5.46. The minimum Gasteiger partial charge on any atom is -0.395 e. The number of rotatable bonds is 4. The van der Waals surface area contributed by atoms with E-state index in [1.54, 1.807) is 0 Å². The number of aliphatic hydroxyl groups is 1. The summed E-state index contributed by atoms with van der Waals surface area (Å²) in [6.07, 6.45) is 6.27. The third kappa shape index (κ3) is 2.95. The van der Waals surface area contributed by atoms with Crippen LogP contribution < -0.4 is 0 Å². The van der Waals surface area contributed by atoms with Gasteiger partial charge in [0.05, 0.1) is 6.61 Å². The first-order valence-corrected chi connectivity index (χ1v) is 7.87. The van der Waals surface area contributed by atoms with E-state index in [0.29, 0.717) is 11.8 Å². The van der Waals surface area contributed by atoms with Gasteiger partial charge in [0.15, 0.2) is 0 Å². The second kappa shape index (κ2) is 5.80. The van der Waals surface area contributed by atoms with Crippen LogP contribution in [0.1, 0.15) is 32.1 Å². The zero-order chi connectivity index (χ0) is 13.2. The van der Waals surface area contributed by atoms with Crippen molar-refractivity contribution in [2.24, 2.45) is 17.8 Å². The fourth-order valence-electron chi connectivity index (χ4n) is 4.34. The van der Waals surface area contributed by atoms with E-state index in [2.05, 4.69) is 4.90 Å². The lowest BCUT2D eigenvalue weighted by Crippen LogP contribution is -2.49. The summed E-state index contributed by atoms with van der Waals surface area (Å²) < 4.78 is 0. The summed E-state index contributed by atoms with van der Waals surface area (Å²) in [5.74, 6) is 2.84. The first-order valence-electron chi connectivity index (χ1n) is 7.87. The summed E-state index contributed by atoms with van der Waals surface area (Å²) in [5.41, 5.74) is 0. The molecule has 2 aliphatic carbocycles. The molecule has 2 saturated carbocycles. The molecule has 2 bridgehead atoms. The Hall–Kier alpha value is -0.610. The molecule has 1 N–H and O–H groups in total. The predicted molar refractivity (Wildman–Crippen MR) is 73.7 cm³/mol. The quantitative estimate of drug-likeness (QED) is 0.824. The molecule has 0 aromatic heterocycles. The van der Waals surface area contributed by atoms with Gasteiger partial charge in [-0.1, -0.05) is 6.42 Å². The summed E-state index contributed by atoms with van der Waals surface area (Å²) in [7, 11) is 0. The minimum atomic E-state index is 0.221. The van der Waals surface area contributed by atoms with Gasteiger partial charge in [-0.2, -0.15) is 0 Å². The first kappa shape index (κ1) is 13.4. The van der Waals surface area contributed by atoms with Gasteiger partial charge in [0.2, 0.25) is 5.91 Å². The average Bonchev–Trinajstić information content (AvgIpc) is 3.02. The van der Waals surface area contributed by atoms with Gasteiger partial charge in [-0.05, 0) is 37.0 Å². The fraction of sp³-hybridized carbons (Fsp3) is 0.933. The van der Waals surface area contributed by atoms with Crippen LogP contribution in [0, 0.1) is 17.8 Å². The van der Waals surface area contributed by atoms with Crippen LogP contribution in [-0.2, 0) is 4.79 Å².